The van der Waals surface area contributed by atoms with Gasteiger partial charge in [0.25, 0.3) is 0 Å². The molecule has 0 unspecified atom stereocenters. The van der Waals surface area contributed by atoms with Crippen LogP contribution < -0.4 is 5.32 Å². The third-order valence-electron chi connectivity index (χ3n) is 3.52. The summed E-state index contributed by atoms with van der Waals surface area (Å²) in [6, 6.07) is 11.3. The van der Waals surface area contributed by atoms with Gasteiger partial charge in [0.15, 0.2) is 5.82 Å². The summed E-state index contributed by atoms with van der Waals surface area (Å²) in [7, 11) is 1.90. The molecule has 0 radical (unpaired) electrons. The predicted octanol–water partition coefficient (Wildman–Crippen LogP) is 4.80. The van der Waals surface area contributed by atoms with Crippen LogP contribution in [0, 0.1) is 19.7 Å². The Morgan fingerprint density at radius 2 is 1.86 bits per heavy atom. The van der Waals surface area contributed by atoms with Crippen LogP contribution in [0.2, 0.25) is 0 Å². The smallest absolute Gasteiger partial charge is 0.150 e. The number of nitrogens with one attached hydrogen (secondary N) is 1. The number of aryl methyl sites for hydroxylation is 2. The van der Waals surface area contributed by atoms with Crippen LogP contribution in [-0.4, -0.2) is 24.8 Å². The summed E-state index contributed by atoms with van der Waals surface area (Å²) in [5.41, 5.74) is 4.19. The number of aliphatic imine (C=N–C) groups is 1. The molecule has 0 spiro atoms. The van der Waals surface area contributed by atoms with Crippen molar-refractivity contribution in [3.63, 3.8) is 0 Å². The van der Waals surface area contributed by atoms with Crippen molar-refractivity contribution >= 4 is 23.4 Å². The first-order valence-corrected chi connectivity index (χ1v) is 7.38. The molecule has 0 fully saturated rings. The van der Waals surface area contributed by atoms with Crippen molar-refractivity contribution in [1.82, 2.24) is 4.90 Å². The van der Waals surface area contributed by atoms with Gasteiger partial charge in [-0.25, -0.2) is 9.38 Å². The highest BCUT2D eigenvalue weighted by Gasteiger charge is 2.07. The normalized spacial score (nSPS) is 11.0. The van der Waals surface area contributed by atoms with Crippen LogP contribution in [0.1, 0.15) is 18.1 Å². The fraction of sp³-hybridized carbons (Fsp3) is 0.278. The van der Waals surface area contributed by atoms with Gasteiger partial charge in [-0.15, -0.1) is 0 Å². The molecule has 0 aliphatic heterocycles. The molecule has 0 aliphatic rings. The summed E-state index contributed by atoms with van der Waals surface area (Å²) in [6.07, 6.45) is 1.64. The number of anilines is 2. The van der Waals surface area contributed by atoms with Gasteiger partial charge in [0.05, 0.1) is 6.34 Å². The van der Waals surface area contributed by atoms with Crippen molar-refractivity contribution in [3.05, 3.63) is 53.3 Å². The molecule has 22 heavy (non-hydrogen) atoms. The molecular weight excluding hydrogens is 277 g/mol. The molecule has 2 rings (SSSR count). The lowest BCUT2D eigenvalue weighted by molar-refractivity contribution is 0.551. The summed E-state index contributed by atoms with van der Waals surface area (Å²) in [5, 5.41) is 3.24. The Kier molecular flexibility index (Phi) is 5.15. The maximum absolute atomic E-state index is 14.2. The SMILES string of the molecule is CCN(C)C=Nc1cc(C)c(Nc2ccc(C)cc2)cc1F. The van der Waals surface area contributed by atoms with Gasteiger partial charge in [-0.05, 0) is 50.6 Å². The molecule has 0 aromatic heterocycles. The summed E-state index contributed by atoms with van der Waals surface area (Å²) in [5.74, 6) is -0.332. The summed E-state index contributed by atoms with van der Waals surface area (Å²) in [6.45, 7) is 6.83. The number of benzene rings is 2. The van der Waals surface area contributed by atoms with Gasteiger partial charge in [-0.2, -0.15) is 0 Å². The number of hydrogen-bond donors (Lipinski definition) is 1. The Labute approximate surface area is 131 Å². The Bertz CT molecular complexity index is 663. The van der Waals surface area contributed by atoms with Crippen LogP contribution in [0.4, 0.5) is 21.5 Å². The molecule has 3 nitrogen and oxygen atoms in total. The fourth-order valence-electron chi connectivity index (χ4n) is 1.93. The molecule has 0 heterocycles. The first-order valence-electron chi connectivity index (χ1n) is 7.38. The van der Waals surface area contributed by atoms with Crippen LogP contribution in [0.15, 0.2) is 41.4 Å². The van der Waals surface area contributed by atoms with Crippen molar-refractivity contribution in [2.24, 2.45) is 4.99 Å². The van der Waals surface area contributed by atoms with E-state index < -0.39 is 0 Å². The largest absolute Gasteiger partial charge is 0.366 e. The van der Waals surface area contributed by atoms with Gasteiger partial charge in [0.2, 0.25) is 0 Å². The van der Waals surface area contributed by atoms with Crippen molar-refractivity contribution in [3.8, 4) is 0 Å². The minimum Gasteiger partial charge on any atom is -0.366 e. The quantitative estimate of drug-likeness (QED) is 0.634. The molecular formula is C18H22FN3. The van der Waals surface area contributed by atoms with Crippen molar-refractivity contribution in [2.75, 3.05) is 18.9 Å². The second-order valence-corrected chi connectivity index (χ2v) is 5.43. The minimum atomic E-state index is -0.332. The van der Waals surface area contributed by atoms with E-state index in [4.69, 9.17) is 0 Å². The minimum absolute atomic E-state index is 0.332. The van der Waals surface area contributed by atoms with Gasteiger partial charge in [-0.1, -0.05) is 17.7 Å². The molecule has 0 amide bonds. The Morgan fingerprint density at radius 1 is 1.18 bits per heavy atom. The summed E-state index contributed by atoms with van der Waals surface area (Å²) < 4.78 is 14.2. The lowest BCUT2D eigenvalue weighted by atomic mass is 10.1. The lowest BCUT2D eigenvalue weighted by Gasteiger charge is -2.12. The predicted molar refractivity (Wildman–Crippen MR) is 92.1 cm³/mol. The number of hydrogen-bond acceptors (Lipinski definition) is 2. The van der Waals surface area contributed by atoms with E-state index in [2.05, 4.69) is 10.3 Å². The lowest BCUT2D eigenvalue weighted by Crippen LogP contribution is -2.14. The summed E-state index contributed by atoms with van der Waals surface area (Å²) >= 11 is 0. The second-order valence-electron chi connectivity index (χ2n) is 5.43. The third-order valence-corrected chi connectivity index (χ3v) is 3.52. The topological polar surface area (TPSA) is 27.6 Å². The Balaban J connectivity index is 2.22. The zero-order chi connectivity index (χ0) is 16.1. The van der Waals surface area contributed by atoms with Crippen molar-refractivity contribution in [2.45, 2.75) is 20.8 Å². The van der Waals surface area contributed by atoms with Crippen molar-refractivity contribution < 1.29 is 4.39 Å². The molecule has 2 aromatic carbocycles. The van der Waals surface area contributed by atoms with Gasteiger partial charge in [0.1, 0.15) is 5.69 Å². The average molecular weight is 299 g/mol. The number of halogens is 1. The monoisotopic (exact) mass is 299 g/mol. The highest BCUT2D eigenvalue weighted by atomic mass is 19.1. The highest BCUT2D eigenvalue weighted by Crippen LogP contribution is 2.28. The standard InChI is InChI=1S/C18H22FN3/c1-5-22(4)12-20-18-10-14(3)17(11-16(18)19)21-15-8-6-13(2)7-9-15/h6-12,21H,5H2,1-4H3. The first-order chi connectivity index (χ1) is 10.5. The van der Waals surface area contributed by atoms with Gasteiger partial charge in [0, 0.05) is 25.0 Å². The van der Waals surface area contributed by atoms with Crippen LogP contribution in [0.25, 0.3) is 0 Å². The molecule has 0 saturated carbocycles. The second kappa shape index (κ2) is 7.07. The van der Waals surface area contributed by atoms with Crippen molar-refractivity contribution in [1.29, 1.82) is 0 Å². The maximum atomic E-state index is 14.2. The molecule has 4 heteroatoms. The first kappa shape index (κ1) is 16.0. The van der Waals surface area contributed by atoms with E-state index in [0.29, 0.717) is 5.69 Å². The molecule has 1 N–H and O–H groups in total. The maximum Gasteiger partial charge on any atom is 0.150 e. The van der Waals surface area contributed by atoms with Crippen LogP contribution in [-0.2, 0) is 0 Å². The molecule has 0 atom stereocenters. The van der Waals surface area contributed by atoms with Gasteiger partial charge < -0.3 is 10.2 Å². The van der Waals surface area contributed by atoms with E-state index in [0.717, 1.165) is 23.5 Å². The summed E-state index contributed by atoms with van der Waals surface area (Å²) in [4.78, 5) is 6.09. The zero-order valence-electron chi connectivity index (χ0n) is 13.5. The number of rotatable bonds is 5. The molecule has 0 bridgehead atoms. The Morgan fingerprint density at radius 3 is 2.50 bits per heavy atom. The van der Waals surface area contributed by atoms with E-state index in [1.165, 1.54) is 11.6 Å². The van der Waals surface area contributed by atoms with E-state index in [-0.39, 0.29) is 5.82 Å². The zero-order valence-corrected chi connectivity index (χ0v) is 13.5. The van der Waals surface area contributed by atoms with E-state index in [1.807, 2.05) is 57.0 Å². The van der Waals surface area contributed by atoms with E-state index >= 15 is 0 Å². The van der Waals surface area contributed by atoms with E-state index in [1.54, 1.807) is 12.4 Å². The van der Waals surface area contributed by atoms with Gasteiger partial charge >= 0.3 is 0 Å². The Hall–Kier alpha value is -2.36. The third kappa shape index (κ3) is 4.07. The van der Waals surface area contributed by atoms with Crippen LogP contribution >= 0.6 is 0 Å². The molecule has 2 aromatic rings. The fourth-order valence-corrected chi connectivity index (χ4v) is 1.93. The number of nitrogens with zero attached hydrogens (tertiary/aromatic N) is 2. The highest BCUT2D eigenvalue weighted by molar-refractivity contribution is 5.68. The average Bonchev–Trinajstić information content (AvgIpc) is 2.51. The van der Waals surface area contributed by atoms with Gasteiger partial charge in [-0.3, -0.25) is 0 Å². The molecule has 0 saturated heterocycles. The van der Waals surface area contributed by atoms with E-state index in [9.17, 15) is 4.39 Å². The van der Waals surface area contributed by atoms with Crippen LogP contribution in [0.3, 0.4) is 0 Å². The molecule has 116 valence electrons. The molecule has 0 aliphatic carbocycles. The van der Waals surface area contributed by atoms with Crippen LogP contribution in [0.5, 0.6) is 0 Å².